The Balaban J connectivity index is 1.44. The van der Waals surface area contributed by atoms with Crippen molar-refractivity contribution in [2.75, 3.05) is 0 Å². The van der Waals surface area contributed by atoms with E-state index < -0.39 is 0 Å². The fourth-order valence-electron chi connectivity index (χ4n) is 3.04. The zero-order valence-corrected chi connectivity index (χ0v) is 15.6. The highest BCUT2D eigenvalue weighted by atomic mass is 16.5. The number of carbonyl (C=O) groups is 1. The van der Waals surface area contributed by atoms with Crippen molar-refractivity contribution >= 4 is 16.7 Å². The quantitative estimate of drug-likeness (QED) is 0.533. The van der Waals surface area contributed by atoms with Crippen molar-refractivity contribution in [1.82, 2.24) is 15.5 Å². The molecule has 6 nitrogen and oxygen atoms in total. The Morgan fingerprint density at radius 2 is 1.62 bits per heavy atom. The van der Waals surface area contributed by atoms with Crippen molar-refractivity contribution in [3.8, 4) is 5.75 Å². The molecular weight excluding hydrogens is 366 g/mol. The van der Waals surface area contributed by atoms with E-state index in [1.807, 2.05) is 54.6 Å². The maximum Gasteiger partial charge on any atom is 0.272 e. The van der Waals surface area contributed by atoms with Gasteiger partial charge in [0.1, 0.15) is 12.4 Å². The predicted molar refractivity (Wildman–Crippen MR) is 111 cm³/mol. The van der Waals surface area contributed by atoms with Crippen LogP contribution in [0.4, 0.5) is 0 Å². The van der Waals surface area contributed by atoms with Gasteiger partial charge >= 0.3 is 0 Å². The van der Waals surface area contributed by atoms with Gasteiger partial charge in [0.15, 0.2) is 5.69 Å². The van der Waals surface area contributed by atoms with Crippen LogP contribution in [0.25, 0.3) is 10.8 Å². The van der Waals surface area contributed by atoms with Gasteiger partial charge in [-0.05, 0) is 29.3 Å². The van der Waals surface area contributed by atoms with Crippen molar-refractivity contribution in [3.63, 3.8) is 0 Å². The lowest BCUT2D eigenvalue weighted by Gasteiger charge is -2.10. The number of nitrogens with one attached hydrogen (secondary N) is 2. The lowest BCUT2D eigenvalue weighted by Crippen LogP contribution is -2.26. The molecule has 0 spiro atoms. The highest BCUT2D eigenvalue weighted by Crippen LogP contribution is 2.16. The van der Waals surface area contributed by atoms with Gasteiger partial charge in [-0.15, -0.1) is 0 Å². The van der Waals surface area contributed by atoms with Crippen LogP contribution in [0.1, 0.15) is 21.6 Å². The molecule has 0 unspecified atom stereocenters. The molecule has 29 heavy (non-hydrogen) atoms. The number of carbonyl (C=O) groups excluding carboxylic acids is 1. The summed E-state index contributed by atoms with van der Waals surface area (Å²) in [5, 5.41) is 10.1. The molecule has 0 saturated heterocycles. The third kappa shape index (κ3) is 4.32. The Morgan fingerprint density at radius 1 is 0.897 bits per heavy atom. The molecule has 4 rings (SSSR count). The normalized spacial score (nSPS) is 10.6. The summed E-state index contributed by atoms with van der Waals surface area (Å²) in [6.45, 7) is 0.792. The number of nitrogens with zero attached hydrogens (tertiary/aromatic N) is 1. The minimum absolute atomic E-state index is 0.191. The van der Waals surface area contributed by atoms with Gasteiger partial charge in [-0.3, -0.25) is 9.59 Å². The number of fused-ring (bicyclic) bond motifs is 1. The number of ether oxygens (including phenoxy) is 1. The summed E-state index contributed by atoms with van der Waals surface area (Å²) < 4.78 is 5.83. The van der Waals surface area contributed by atoms with E-state index in [0.29, 0.717) is 23.9 Å². The van der Waals surface area contributed by atoms with E-state index in [1.165, 1.54) is 0 Å². The van der Waals surface area contributed by atoms with Crippen molar-refractivity contribution in [3.05, 3.63) is 106 Å². The molecule has 1 amide bonds. The Bertz CT molecular complexity index is 1200. The summed E-state index contributed by atoms with van der Waals surface area (Å²) >= 11 is 0. The van der Waals surface area contributed by atoms with E-state index in [2.05, 4.69) is 15.5 Å². The first-order chi connectivity index (χ1) is 14.2. The second-order valence-corrected chi connectivity index (χ2v) is 6.55. The zero-order valence-electron chi connectivity index (χ0n) is 15.6. The summed E-state index contributed by atoms with van der Waals surface area (Å²) in [7, 11) is 0. The van der Waals surface area contributed by atoms with Crippen molar-refractivity contribution in [2.24, 2.45) is 0 Å². The molecule has 1 aromatic heterocycles. The second-order valence-electron chi connectivity index (χ2n) is 6.55. The lowest BCUT2D eigenvalue weighted by molar-refractivity contribution is 0.0946. The van der Waals surface area contributed by atoms with Crippen LogP contribution in [0.3, 0.4) is 0 Å². The maximum atomic E-state index is 12.6. The van der Waals surface area contributed by atoms with Crippen LogP contribution in [0, 0.1) is 0 Å². The van der Waals surface area contributed by atoms with Crippen LogP contribution in [-0.2, 0) is 13.2 Å². The SMILES string of the molecule is O=C(NCc1cccc(OCc2ccccc2)c1)c1n[nH]c(=O)c2ccccc12. The number of aromatic nitrogens is 2. The van der Waals surface area contributed by atoms with Crippen LogP contribution < -0.4 is 15.6 Å². The van der Waals surface area contributed by atoms with Crippen LogP contribution in [0.2, 0.25) is 0 Å². The largest absolute Gasteiger partial charge is 0.489 e. The monoisotopic (exact) mass is 385 g/mol. The molecule has 6 heteroatoms. The first-order valence-corrected chi connectivity index (χ1v) is 9.22. The smallest absolute Gasteiger partial charge is 0.272 e. The number of hydrogen-bond donors (Lipinski definition) is 2. The second kappa shape index (κ2) is 8.39. The number of amides is 1. The highest BCUT2D eigenvalue weighted by Gasteiger charge is 2.13. The molecule has 0 saturated carbocycles. The van der Waals surface area contributed by atoms with Crippen LogP contribution in [0.15, 0.2) is 83.7 Å². The number of H-pyrrole nitrogens is 1. The number of aromatic amines is 1. The predicted octanol–water partition coefficient (Wildman–Crippen LogP) is 3.43. The average Bonchev–Trinajstić information content (AvgIpc) is 2.77. The minimum Gasteiger partial charge on any atom is -0.489 e. The Morgan fingerprint density at radius 3 is 2.45 bits per heavy atom. The van der Waals surface area contributed by atoms with Crippen molar-refractivity contribution in [2.45, 2.75) is 13.2 Å². The minimum atomic E-state index is -0.354. The fourth-order valence-corrected chi connectivity index (χ4v) is 3.04. The van der Waals surface area contributed by atoms with Gasteiger partial charge in [0.2, 0.25) is 0 Å². The number of benzene rings is 3. The molecule has 4 aromatic rings. The molecule has 0 aliphatic carbocycles. The van der Waals surface area contributed by atoms with Gasteiger partial charge in [0, 0.05) is 11.9 Å². The van der Waals surface area contributed by atoms with Gasteiger partial charge in [-0.25, -0.2) is 5.10 Å². The van der Waals surface area contributed by atoms with E-state index in [-0.39, 0.29) is 17.2 Å². The fraction of sp³-hybridized carbons (Fsp3) is 0.0870. The summed E-state index contributed by atoms with van der Waals surface area (Å²) in [6.07, 6.45) is 0. The van der Waals surface area contributed by atoms with E-state index in [4.69, 9.17) is 4.74 Å². The van der Waals surface area contributed by atoms with E-state index in [1.54, 1.807) is 24.3 Å². The topological polar surface area (TPSA) is 84.1 Å². The Kier molecular flexibility index (Phi) is 5.33. The molecule has 2 N–H and O–H groups in total. The molecule has 3 aromatic carbocycles. The summed E-state index contributed by atoms with van der Waals surface area (Å²) in [5.41, 5.74) is 1.86. The highest BCUT2D eigenvalue weighted by molar-refractivity contribution is 6.04. The van der Waals surface area contributed by atoms with Crippen molar-refractivity contribution < 1.29 is 9.53 Å². The van der Waals surface area contributed by atoms with Crippen LogP contribution in [0.5, 0.6) is 5.75 Å². The lowest BCUT2D eigenvalue weighted by atomic mass is 10.1. The Hall–Kier alpha value is -3.93. The first-order valence-electron chi connectivity index (χ1n) is 9.22. The molecule has 0 aliphatic heterocycles. The summed E-state index contributed by atoms with van der Waals surface area (Å²) in [5.74, 6) is 0.376. The van der Waals surface area contributed by atoms with Gasteiger partial charge in [0.25, 0.3) is 11.5 Å². The zero-order chi connectivity index (χ0) is 20.1. The third-order valence-electron chi connectivity index (χ3n) is 4.51. The summed E-state index contributed by atoms with van der Waals surface area (Å²) in [4.78, 5) is 24.5. The molecular formula is C23H19N3O3. The van der Waals surface area contributed by atoms with Gasteiger partial charge in [-0.2, -0.15) is 5.10 Å². The third-order valence-corrected chi connectivity index (χ3v) is 4.51. The van der Waals surface area contributed by atoms with Crippen LogP contribution >= 0.6 is 0 Å². The Labute approximate surface area is 167 Å². The molecule has 0 radical (unpaired) electrons. The molecule has 0 fully saturated rings. The van der Waals surface area contributed by atoms with Gasteiger partial charge < -0.3 is 10.1 Å². The molecule has 144 valence electrons. The van der Waals surface area contributed by atoms with Gasteiger partial charge in [-0.1, -0.05) is 60.7 Å². The first kappa shape index (κ1) is 18.4. The number of rotatable bonds is 6. The van der Waals surface area contributed by atoms with E-state index in [0.717, 1.165) is 16.9 Å². The molecule has 1 heterocycles. The average molecular weight is 385 g/mol. The standard InChI is InChI=1S/C23H19N3O3/c27-22-20-12-5-4-11-19(20)21(25-26-22)23(28)24-14-17-9-6-10-18(13-17)29-15-16-7-2-1-3-8-16/h1-13H,14-15H2,(H,24,28)(H,26,27). The molecule has 0 atom stereocenters. The van der Waals surface area contributed by atoms with E-state index in [9.17, 15) is 9.59 Å². The summed E-state index contributed by atoms with van der Waals surface area (Å²) in [6, 6.07) is 24.4. The van der Waals surface area contributed by atoms with Gasteiger partial charge in [0.05, 0.1) is 5.39 Å². The van der Waals surface area contributed by atoms with E-state index >= 15 is 0 Å². The molecule has 0 aliphatic rings. The van der Waals surface area contributed by atoms with Crippen LogP contribution in [-0.4, -0.2) is 16.1 Å². The van der Waals surface area contributed by atoms with Crippen molar-refractivity contribution in [1.29, 1.82) is 0 Å². The molecule has 0 bridgehead atoms. The number of hydrogen-bond acceptors (Lipinski definition) is 4. The maximum absolute atomic E-state index is 12.6.